The summed E-state index contributed by atoms with van der Waals surface area (Å²) in [4.78, 5) is 15.5. The van der Waals surface area contributed by atoms with Gasteiger partial charge in [0.15, 0.2) is 0 Å². The van der Waals surface area contributed by atoms with Gasteiger partial charge in [-0.25, -0.2) is 0 Å². The molecule has 0 bridgehead atoms. The summed E-state index contributed by atoms with van der Waals surface area (Å²) in [5, 5.41) is 7.75. The third-order valence-electron chi connectivity index (χ3n) is 3.96. The zero-order valence-electron chi connectivity index (χ0n) is 13.5. The van der Waals surface area contributed by atoms with Crippen LogP contribution in [0.25, 0.3) is 0 Å². The molecule has 126 valence electrons. The van der Waals surface area contributed by atoms with Crippen LogP contribution in [0.4, 0.5) is 0 Å². The minimum absolute atomic E-state index is 0.115. The Morgan fingerprint density at radius 3 is 2.67 bits per heavy atom. The second-order valence-corrected chi connectivity index (χ2v) is 6.84. The fourth-order valence-corrected chi connectivity index (χ4v) is 3.54. The molecule has 2 heterocycles. The van der Waals surface area contributed by atoms with Crippen LogP contribution in [0.15, 0.2) is 53.6 Å². The van der Waals surface area contributed by atoms with Crippen LogP contribution in [-0.4, -0.2) is 46.0 Å². The van der Waals surface area contributed by atoms with Gasteiger partial charge in [0.05, 0.1) is 0 Å². The smallest absolute Gasteiger partial charge is 0.233 e. The van der Waals surface area contributed by atoms with E-state index in [4.69, 9.17) is 4.74 Å². The maximum absolute atomic E-state index is 12.3. The molecular formula is C18H21N3O2S. The number of piperidine rings is 1. The monoisotopic (exact) mass is 343 g/mol. The molecule has 1 aromatic carbocycles. The number of thioether (sulfide) groups is 1. The average molecular weight is 343 g/mol. The first kappa shape index (κ1) is 16.8. The molecule has 0 spiro atoms. The lowest BCUT2D eigenvalue weighted by molar-refractivity contribution is -0.132. The Bertz CT molecular complexity index is 631. The van der Waals surface area contributed by atoms with E-state index in [0.717, 1.165) is 31.7 Å². The van der Waals surface area contributed by atoms with Crippen LogP contribution >= 0.6 is 11.8 Å². The number of likely N-dealkylation sites (tertiary alicyclic amines) is 1. The molecule has 0 N–H and O–H groups in total. The first-order valence-electron chi connectivity index (χ1n) is 8.21. The molecular weight excluding hydrogens is 322 g/mol. The van der Waals surface area contributed by atoms with Gasteiger partial charge in [-0.1, -0.05) is 18.2 Å². The first-order valence-corrected chi connectivity index (χ1v) is 9.20. The fourth-order valence-electron chi connectivity index (χ4n) is 2.68. The maximum Gasteiger partial charge on any atom is 0.233 e. The van der Waals surface area contributed by atoms with Gasteiger partial charge in [0.25, 0.3) is 0 Å². The van der Waals surface area contributed by atoms with Gasteiger partial charge in [-0.3, -0.25) is 4.79 Å². The molecule has 1 amide bonds. The van der Waals surface area contributed by atoms with E-state index in [2.05, 4.69) is 22.3 Å². The summed E-state index contributed by atoms with van der Waals surface area (Å²) < 4.78 is 5.81. The Kier molecular flexibility index (Phi) is 6.07. The molecule has 1 aromatic heterocycles. The second kappa shape index (κ2) is 8.68. The third kappa shape index (κ3) is 4.96. The number of rotatable bonds is 6. The van der Waals surface area contributed by atoms with Crippen molar-refractivity contribution in [3.8, 4) is 5.88 Å². The van der Waals surface area contributed by atoms with Crippen LogP contribution < -0.4 is 4.74 Å². The molecule has 2 aromatic rings. The normalized spacial score (nSPS) is 15.2. The minimum atomic E-state index is 0.115. The lowest BCUT2D eigenvalue weighted by Gasteiger charge is -2.31. The molecule has 0 aliphatic carbocycles. The lowest BCUT2D eigenvalue weighted by atomic mass is 10.1. The van der Waals surface area contributed by atoms with Gasteiger partial charge in [0.2, 0.25) is 11.8 Å². The molecule has 0 atom stereocenters. The molecule has 5 nitrogen and oxygen atoms in total. The van der Waals surface area contributed by atoms with Crippen LogP contribution in [0.1, 0.15) is 19.3 Å². The Labute approximate surface area is 146 Å². The Morgan fingerprint density at radius 1 is 1.17 bits per heavy atom. The summed E-state index contributed by atoms with van der Waals surface area (Å²) in [6, 6.07) is 13.8. The number of aromatic nitrogens is 2. The van der Waals surface area contributed by atoms with Crippen molar-refractivity contribution < 1.29 is 9.53 Å². The first-order chi connectivity index (χ1) is 11.8. The number of ether oxygens (including phenoxy) is 1. The van der Waals surface area contributed by atoms with Gasteiger partial charge >= 0.3 is 0 Å². The van der Waals surface area contributed by atoms with Crippen LogP contribution in [0.3, 0.4) is 0 Å². The Morgan fingerprint density at radius 2 is 1.96 bits per heavy atom. The van der Waals surface area contributed by atoms with Crippen molar-refractivity contribution in [1.82, 2.24) is 15.1 Å². The number of hydrogen-bond donors (Lipinski definition) is 0. The van der Waals surface area contributed by atoms with Gasteiger partial charge in [0, 0.05) is 55.3 Å². The molecule has 0 saturated carbocycles. The number of amides is 1. The molecule has 1 fully saturated rings. The summed E-state index contributed by atoms with van der Waals surface area (Å²) in [6.07, 6.45) is 4.00. The van der Waals surface area contributed by atoms with Crippen molar-refractivity contribution in [3.63, 3.8) is 0 Å². The summed E-state index contributed by atoms with van der Waals surface area (Å²) in [7, 11) is 0. The second-order valence-electron chi connectivity index (χ2n) is 5.67. The Balaban J connectivity index is 1.37. The van der Waals surface area contributed by atoms with Crippen molar-refractivity contribution in [3.05, 3.63) is 48.7 Å². The van der Waals surface area contributed by atoms with Crippen molar-refractivity contribution in [2.45, 2.75) is 30.3 Å². The van der Waals surface area contributed by atoms with E-state index in [1.807, 2.05) is 35.2 Å². The van der Waals surface area contributed by atoms with Gasteiger partial charge < -0.3 is 9.64 Å². The molecule has 6 heteroatoms. The highest BCUT2D eigenvalue weighted by molar-refractivity contribution is 7.99. The number of benzene rings is 1. The van der Waals surface area contributed by atoms with Crippen molar-refractivity contribution in [2.75, 3.05) is 18.8 Å². The van der Waals surface area contributed by atoms with Gasteiger partial charge in [-0.2, -0.15) is 5.10 Å². The largest absolute Gasteiger partial charge is 0.473 e. The summed E-state index contributed by atoms with van der Waals surface area (Å²) in [6.45, 7) is 1.50. The lowest BCUT2D eigenvalue weighted by Crippen LogP contribution is -2.42. The highest BCUT2D eigenvalue weighted by Crippen LogP contribution is 2.20. The number of nitrogens with zero attached hydrogens (tertiary/aromatic N) is 3. The van der Waals surface area contributed by atoms with Crippen molar-refractivity contribution in [2.24, 2.45) is 0 Å². The van der Waals surface area contributed by atoms with E-state index >= 15 is 0 Å². The highest BCUT2D eigenvalue weighted by atomic mass is 32.2. The molecule has 3 rings (SSSR count). The van der Waals surface area contributed by atoms with E-state index < -0.39 is 0 Å². The zero-order valence-corrected chi connectivity index (χ0v) is 14.3. The average Bonchev–Trinajstić information content (AvgIpc) is 2.64. The van der Waals surface area contributed by atoms with Crippen molar-refractivity contribution in [1.29, 1.82) is 0 Å². The highest BCUT2D eigenvalue weighted by Gasteiger charge is 2.23. The maximum atomic E-state index is 12.3. The number of carbonyl (C=O) groups is 1. The standard InChI is InChI=1S/C18H21N3O2S/c22-18(10-14-24-16-5-2-1-3-6-16)21-12-8-15(9-13-21)23-17-7-4-11-19-20-17/h1-7,11,15H,8-10,12-14H2. The zero-order chi connectivity index (χ0) is 16.6. The summed E-state index contributed by atoms with van der Waals surface area (Å²) in [5.74, 6) is 1.61. The number of carbonyl (C=O) groups excluding carboxylic acids is 1. The SMILES string of the molecule is O=C(CCSc1ccccc1)N1CCC(Oc2cccnn2)CC1. The topological polar surface area (TPSA) is 55.3 Å². The molecule has 0 unspecified atom stereocenters. The van der Waals surface area contributed by atoms with Crippen LogP contribution in [-0.2, 0) is 4.79 Å². The van der Waals surface area contributed by atoms with Gasteiger partial charge in [-0.05, 0) is 18.2 Å². The van der Waals surface area contributed by atoms with E-state index in [1.54, 1.807) is 18.0 Å². The summed E-state index contributed by atoms with van der Waals surface area (Å²) in [5.41, 5.74) is 0. The van der Waals surface area contributed by atoms with Crippen LogP contribution in [0, 0.1) is 0 Å². The van der Waals surface area contributed by atoms with Gasteiger partial charge in [-0.15, -0.1) is 16.9 Å². The van der Waals surface area contributed by atoms with E-state index in [0.29, 0.717) is 12.3 Å². The van der Waals surface area contributed by atoms with E-state index in [-0.39, 0.29) is 12.0 Å². The molecule has 1 saturated heterocycles. The molecule has 24 heavy (non-hydrogen) atoms. The number of hydrogen-bond acceptors (Lipinski definition) is 5. The summed E-state index contributed by atoms with van der Waals surface area (Å²) >= 11 is 1.73. The van der Waals surface area contributed by atoms with Crippen LogP contribution in [0.2, 0.25) is 0 Å². The van der Waals surface area contributed by atoms with Gasteiger partial charge in [0.1, 0.15) is 6.10 Å². The van der Waals surface area contributed by atoms with E-state index in [9.17, 15) is 4.79 Å². The minimum Gasteiger partial charge on any atom is -0.473 e. The Hall–Kier alpha value is -2.08. The third-order valence-corrected chi connectivity index (χ3v) is 4.97. The predicted molar refractivity (Wildman–Crippen MR) is 94.0 cm³/mol. The van der Waals surface area contributed by atoms with E-state index in [1.165, 1.54) is 4.90 Å². The predicted octanol–water partition coefficient (Wildman–Crippen LogP) is 3.03. The molecule has 1 aliphatic heterocycles. The molecule has 1 aliphatic rings. The van der Waals surface area contributed by atoms with Crippen LogP contribution in [0.5, 0.6) is 5.88 Å². The molecule has 0 radical (unpaired) electrons. The fraction of sp³-hybridized carbons (Fsp3) is 0.389. The van der Waals surface area contributed by atoms with Crippen molar-refractivity contribution >= 4 is 17.7 Å². The quantitative estimate of drug-likeness (QED) is 0.755.